The molecule has 0 aliphatic heterocycles. The first-order valence-electron chi connectivity index (χ1n) is 7.92. The van der Waals surface area contributed by atoms with E-state index in [4.69, 9.17) is 10.5 Å². The molecule has 0 aromatic heterocycles. The number of hydrogen-bond donors (Lipinski definition) is 1. The maximum atomic E-state index is 12.1. The Kier molecular flexibility index (Phi) is 7.44. The molecular weight excluding hydrogens is 281 g/mol. The molecule has 0 atom stereocenters. The van der Waals surface area contributed by atoms with Crippen molar-refractivity contribution in [2.24, 2.45) is 11.7 Å². The predicted molar refractivity (Wildman–Crippen MR) is 78.2 cm³/mol. The third-order valence-electron chi connectivity index (χ3n) is 4.52. The molecule has 0 heterocycles. The zero-order chi connectivity index (χ0) is 15.9. The summed E-state index contributed by atoms with van der Waals surface area (Å²) in [6.45, 7) is 5.22. The van der Waals surface area contributed by atoms with Crippen molar-refractivity contribution in [2.45, 2.75) is 57.7 Å². The highest BCUT2D eigenvalue weighted by Gasteiger charge is 2.38. The van der Waals surface area contributed by atoms with Crippen LogP contribution in [0.25, 0.3) is 0 Å². The van der Waals surface area contributed by atoms with Gasteiger partial charge in [0.25, 0.3) is 0 Å². The molecule has 3 nitrogen and oxygen atoms in total. The van der Waals surface area contributed by atoms with Gasteiger partial charge in [0.15, 0.2) is 0 Å². The number of ether oxygens (including phenoxy) is 1. The fourth-order valence-corrected chi connectivity index (χ4v) is 3.17. The molecule has 0 aromatic rings. The third-order valence-corrected chi connectivity index (χ3v) is 4.52. The first-order valence-corrected chi connectivity index (χ1v) is 7.92. The van der Waals surface area contributed by atoms with E-state index in [1.54, 1.807) is 0 Å². The Hall–Kier alpha value is -0.330. The van der Waals surface area contributed by atoms with Crippen molar-refractivity contribution in [3.63, 3.8) is 0 Å². The fourth-order valence-electron chi connectivity index (χ4n) is 3.17. The summed E-state index contributed by atoms with van der Waals surface area (Å²) in [6, 6.07) is 0. The van der Waals surface area contributed by atoms with Crippen LogP contribution in [0.5, 0.6) is 0 Å². The van der Waals surface area contributed by atoms with Crippen molar-refractivity contribution in [1.29, 1.82) is 0 Å². The molecule has 0 spiro atoms. The lowest BCUT2D eigenvalue weighted by Gasteiger charge is -2.47. The summed E-state index contributed by atoms with van der Waals surface area (Å²) < 4.78 is 41.1. The second-order valence-electron chi connectivity index (χ2n) is 6.27. The number of nitrogens with two attached hydrogens (primary N) is 1. The van der Waals surface area contributed by atoms with Crippen LogP contribution in [0.15, 0.2) is 0 Å². The Labute approximate surface area is 126 Å². The maximum absolute atomic E-state index is 12.1. The second kappa shape index (κ2) is 8.34. The van der Waals surface area contributed by atoms with E-state index in [1.165, 1.54) is 0 Å². The van der Waals surface area contributed by atoms with Crippen LogP contribution in [0.3, 0.4) is 0 Å². The summed E-state index contributed by atoms with van der Waals surface area (Å²) in [4.78, 5) is 2.26. The summed E-state index contributed by atoms with van der Waals surface area (Å²) in [7, 11) is 0. The van der Waals surface area contributed by atoms with Gasteiger partial charge in [-0.15, -0.1) is 0 Å². The molecule has 6 heteroatoms. The van der Waals surface area contributed by atoms with Crippen molar-refractivity contribution in [1.82, 2.24) is 4.90 Å². The lowest BCUT2D eigenvalue weighted by molar-refractivity contribution is -0.175. The number of rotatable bonds is 8. The number of nitrogens with zero attached hydrogens (tertiary/aromatic N) is 1. The molecule has 0 saturated heterocycles. The first kappa shape index (κ1) is 18.7. The molecule has 1 aliphatic rings. The minimum atomic E-state index is -4.25. The lowest BCUT2D eigenvalue weighted by Crippen LogP contribution is -2.56. The zero-order valence-electron chi connectivity index (χ0n) is 13.2. The van der Waals surface area contributed by atoms with Gasteiger partial charge in [0, 0.05) is 18.6 Å². The third kappa shape index (κ3) is 6.12. The fraction of sp³-hybridized carbons (Fsp3) is 1.00. The highest BCUT2D eigenvalue weighted by Crippen LogP contribution is 2.35. The van der Waals surface area contributed by atoms with Crippen LogP contribution in [-0.4, -0.2) is 49.5 Å². The Balaban J connectivity index is 2.53. The Bertz CT molecular complexity index is 289. The Morgan fingerprint density at radius 2 is 1.86 bits per heavy atom. The van der Waals surface area contributed by atoms with Crippen LogP contribution in [0.1, 0.15) is 46.0 Å². The average Bonchev–Trinajstić information content (AvgIpc) is 2.43. The van der Waals surface area contributed by atoms with Crippen LogP contribution >= 0.6 is 0 Å². The number of hydrogen-bond acceptors (Lipinski definition) is 3. The quantitative estimate of drug-likeness (QED) is 0.700. The summed E-state index contributed by atoms with van der Waals surface area (Å²) >= 11 is 0. The lowest BCUT2D eigenvalue weighted by atomic mass is 9.76. The minimum Gasteiger partial charge on any atom is -0.371 e. The van der Waals surface area contributed by atoms with E-state index < -0.39 is 12.8 Å². The van der Waals surface area contributed by atoms with E-state index in [0.29, 0.717) is 13.1 Å². The van der Waals surface area contributed by atoms with Gasteiger partial charge in [0.2, 0.25) is 0 Å². The average molecular weight is 310 g/mol. The van der Waals surface area contributed by atoms with Crippen molar-refractivity contribution in [2.75, 3.05) is 32.8 Å². The predicted octanol–water partition coefficient (Wildman–Crippen LogP) is 3.18. The standard InChI is InChI=1S/C15H29F3N2O/c1-3-8-20(9-10-21-12-15(16,17)18)14(11-19)6-4-13(2)5-7-14/h13H,3-12,19H2,1-2H3. The Morgan fingerprint density at radius 3 is 2.33 bits per heavy atom. The second-order valence-corrected chi connectivity index (χ2v) is 6.27. The molecule has 21 heavy (non-hydrogen) atoms. The van der Waals surface area contributed by atoms with Gasteiger partial charge in [-0.1, -0.05) is 13.8 Å². The molecule has 0 bridgehead atoms. The highest BCUT2D eigenvalue weighted by molar-refractivity contribution is 4.95. The van der Waals surface area contributed by atoms with Gasteiger partial charge < -0.3 is 10.5 Å². The van der Waals surface area contributed by atoms with Gasteiger partial charge in [-0.05, 0) is 44.6 Å². The van der Waals surface area contributed by atoms with E-state index >= 15 is 0 Å². The van der Waals surface area contributed by atoms with Crippen LogP contribution in [0.4, 0.5) is 13.2 Å². The molecule has 0 aromatic carbocycles. The van der Waals surface area contributed by atoms with Crippen molar-refractivity contribution in [3.8, 4) is 0 Å². The van der Waals surface area contributed by atoms with E-state index in [-0.39, 0.29) is 12.1 Å². The molecule has 126 valence electrons. The van der Waals surface area contributed by atoms with Crippen molar-refractivity contribution >= 4 is 0 Å². The van der Waals surface area contributed by atoms with Gasteiger partial charge in [-0.25, -0.2) is 0 Å². The van der Waals surface area contributed by atoms with Crippen LogP contribution in [-0.2, 0) is 4.74 Å². The molecule has 1 saturated carbocycles. The zero-order valence-corrected chi connectivity index (χ0v) is 13.2. The SMILES string of the molecule is CCCN(CCOCC(F)(F)F)C1(CN)CCC(C)CC1. The molecule has 1 aliphatic carbocycles. The molecule has 0 radical (unpaired) electrons. The smallest absolute Gasteiger partial charge is 0.371 e. The molecule has 1 rings (SSSR count). The summed E-state index contributed by atoms with van der Waals surface area (Å²) in [5.41, 5.74) is 5.97. The monoisotopic (exact) mass is 310 g/mol. The van der Waals surface area contributed by atoms with Gasteiger partial charge in [0.05, 0.1) is 6.61 Å². The molecule has 1 fully saturated rings. The number of alkyl halides is 3. The molecule has 0 amide bonds. The van der Waals surface area contributed by atoms with Gasteiger partial charge in [0.1, 0.15) is 6.61 Å². The van der Waals surface area contributed by atoms with E-state index in [0.717, 1.165) is 44.6 Å². The van der Waals surface area contributed by atoms with E-state index in [9.17, 15) is 13.2 Å². The van der Waals surface area contributed by atoms with Crippen LogP contribution in [0, 0.1) is 5.92 Å². The van der Waals surface area contributed by atoms with Crippen molar-refractivity contribution in [3.05, 3.63) is 0 Å². The topological polar surface area (TPSA) is 38.5 Å². The maximum Gasteiger partial charge on any atom is 0.411 e. The van der Waals surface area contributed by atoms with Gasteiger partial charge in [-0.2, -0.15) is 13.2 Å². The molecular formula is C15H29F3N2O. The van der Waals surface area contributed by atoms with E-state index in [2.05, 4.69) is 18.7 Å². The highest BCUT2D eigenvalue weighted by atomic mass is 19.4. The summed E-state index contributed by atoms with van der Waals surface area (Å²) in [5.74, 6) is 0.717. The van der Waals surface area contributed by atoms with Gasteiger partial charge >= 0.3 is 6.18 Å². The summed E-state index contributed by atoms with van der Waals surface area (Å²) in [6.07, 6.45) is 1.06. The molecule has 2 N–H and O–H groups in total. The van der Waals surface area contributed by atoms with E-state index in [1.807, 2.05) is 0 Å². The minimum absolute atomic E-state index is 0.0515. The molecule has 0 unspecified atom stereocenters. The van der Waals surface area contributed by atoms with Gasteiger partial charge in [-0.3, -0.25) is 4.90 Å². The largest absolute Gasteiger partial charge is 0.411 e. The number of halogens is 3. The first-order chi connectivity index (χ1) is 9.83. The summed E-state index contributed by atoms with van der Waals surface area (Å²) in [5, 5.41) is 0. The Morgan fingerprint density at radius 1 is 1.24 bits per heavy atom. The van der Waals surface area contributed by atoms with Crippen LogP contribution in [0.2, 0.25) is 0 Å². The normalized spacial score (nSPS) is 27.3. The van der Waals surface area contributed by atoms with Crippen molar-refractivity contribution < 1.29 is 17.9 Å². The van der Waals surface area contributed by atoms with Crippen LogP contribution < -0.4 is 5.73 Å².